The van der Waals surface area contributed by atoms with Crippen LogP contribution in [0.4, 0.5) is 0 Å². The molecule has 20 heavy (non-hydrogen) atoms. The van der Waals surface area contributed by atoms with Gasteiger partial charge in [-0.15, -0.1) is 0 Å². The predicted octanol–water partition coefficient (Wildman–Crippen LogP) is 1.96. The van der Waals surface area contributed by atoms with E-state index < -0.39 is 0 Å². The van der Waals surface area contributed by atoms with Gasteiger partial charge in [-0.2, -0.15) is 0 Å². The molecule has 1 fully saturated rings. The second-order valence-corrected chi connectivity index (χ2v) is 5.50. The van der Waals surface area contributed by atoms with Crippen LogP contribution in [0, 0.1) is 12.8 Å². The third-order valence-corrected chi connectivity index (χ3v) is 3.78. The Labute approximate surface area is 120 Å². The molecule has 0 radical (unpaired) electrons. The SMILES string of the molecule is Cc1cccc(OCCC(=O)N2CCCC(CN)C2)c1. The highest BCUT2D eigenvalue weighted by atomic mass is 16.5. The molecule has 2 N–H and O–H groups in total. The molecule has 1 unspecified atom stereocenters. The number of likely N-dealkylation sites (tertiary alicyclic amines) is 1. The molecule has 1 atom stereocenters. The lowest BCUT2D eigenvalue weighted by molar-refractivity contribution is -0.133. The van der Waals surface area contributed by atoms with Crippen molar-refractivity contribution in [1.29, 1.82) is 0 Å². The predicted molar refractivity (Wildman–Crippen MR) is 79.6 cm³/mol. The highest BCUT2D eigenvalue weighted by Gasteiger charge is 2.22. The van der Waals surface area contributed by atoms with E-state index in [0.717, 1.165) is 37.2 Å². The minimum absolute atomic E-state index is 0.177. The van der Waals surface area contributed by atoms with Crippen molar-refractivity contribution in [3.8, 4) is 5.75 Å². The Morgan fingerprint density at radius 1 is 1.50 bits per heavy atom. The van der Waals surface area contributed by atoms with Crippen molar-refractivity contribution in [3.63, 3.8) is 0 Å². The number of hydrogen-bond acceptors (Lipinski definition) is 3. The molecule has 1 saturated heterocycles. The van der Waals surface area contributed by atoms with Gasteiger partial charge in [0.05, 0.1) is 13.0 Å². The number of nitrogens with two attached hydrogens (primary N) is 1. The molecule has 0 aromatic heterocycles. The molecule has 2 rings (SSSR count). The van der Waals surface area contributed by atoms with Crippen molar-refractivity contribution in [1.82, 2.24) is 4.90 Å². The monoisotopic (exact) mass is 276 g/mol. The molecule has 1 aromatic rings. The first-order valence-electron chi connectivity index (χ1n) is 7.36. The van der Waals surface area contributed by atoms with Gasteiger partial charge in [0.2, 0.25) is 5.91 Å². The zero-order valence-electron chi connectivity index (χ0n) is 12.2. The minimum atomic E-state index is 0.177. The maximum atomic E-state index is 12.1. The molecule has 0 saturated carbocycles. The van der Waals surface area contributed by atoms with Gasteiger partial charge in [-0.05, 0) is 49.9 Å². The van der Waals surface area contributed by atoms with Gasteiger partial charge in [0.1, 0.15) is 5.75 Å². The van der Waals surface area contributed by atoms with Gasteiger partial charge in [-0.1, -0.05) is 12.1 Å². The summed E-state index contributed by atoms with van der Waals surface area (Å²) in [5.41, 5.74) is 6.86. The van der Waals surface area contributed by atoms with E-state index in [-0.39, 0.29) is 5.91 Å². The van der Waals surface area contributed by atoms with E-state index in [4.69, 9.17) is 10.5 Å². The van der Waals surface area contributed by atoms with E-state index in [0.29, 0.717) is 25.5 Å². The van der Waals surface area contributed by atoms with Gasteiger partial charge >= 0.3 is 0 Å². The van der Waals surface area contributed by atoms with E-state index >= 15 is 0 Å². The first-order chi connectivity index (χ1) is 9.69. The largest absolute Gasteiger partial charge is 0.493 e. The zero-order chi connectivity index (χ0) is 14.4. The Morgan fingerprint density at radius 3 is 3.10 bits per heavy atom. The first kappa shape index (κ1) is 14.9. The number of nitrogens with zero attached hydrogens (tertiary/aromatic N) is 1. The summed E-state index contributed by atoms with van der Waals surface area (Å²) in [5, 5.41) is 0. The van der Waals surface area contributed by atoms with E-state index in [9.17, 15) is 4.79 Å². The number of aryl methyl sites for hydroxylation is 1. The van der Waals surface area contributed by atoms with Crippen molar-refractivity contribution in [3.05, 3.63) is 29.8 Å². The van der Waals surface area contributed by atoms with Crippen LogP contribution < -0.4 is 10.5 Å². The Hall–Kier alpha value is -1.55. The van der Waals surface area contributed by atoms with E-state index in [1.54, 1.807) is 0 Å². The van der Waals surface area contributed by atoms with Crippen molar-refractivity contribution in [2.75, 3.05) is 26.2 Å². The molecular formula is C16H24N2O2. The Bertz CT molecular complexity index is 448. The highest BCUT2D eigenvalue weighted by molar-refractivity contribution is 5.76. The standard InChI is InChI=1S/C16H24N2O2/c1-13-4-2-6-15(10-13)20-9-7-16(19)18-8-3-5-14(11-17)12-18/h2,4,6,10,14H,3,5,7-9,11-12,17H2,1H3. The normalized spacial score (nSPS) is 18.9. The summed E-state index contributed by atoms with van der Waals surface area (Å²) >= 11 is 0. The quantitative estimate of drug-likeness (QED) is 0.894. The number of benzene rings is 1. The van der Waals surface area contributed by atoms with E-state index in [2.05, 4.69) is 0 Å². The van der Waals surface area contributed by atoms with Crippen LogP contribution in [0.25, 0.3) is 0 Å². The van der Waals surface area contributed by atoms with Crippen molar-refractivity contribution in [2.24, 2.45) is 11.7 Å². The Balaban J connectivity index is 1.75. The van der Waals surface area contributed by atoms with Gasteiger partial charge in [-0.3, -0.25) is 4.79 Å². The topological polar surface area (TPSA) is 55.6 Å². The molecule has 1 aliphatic rings. The maximum Gasteiger partial charge on any atom is 0.226 e. The molecule has 1 amide bonds. The third kappa shape index (κ3) is 4.23. The zero-order valence-corrected chi connectivity index (χ0v) is 12.2. The lowest BCUT2D eigenvalue weighted by Gasteiger charge is -2.32. The molecule has 1 aliphatic heterocycles. The van der Waals surface area contributed by atoms with Crippen LogP contribution in [0.15, 0.2) is 24.3 Å². The average Bonchev–Trinajstić information content (AvgIpc) is 2.47. The lowest BCUT2D eigenvalue weighted by Crippen LogP contribution is -2.42. The van der Waals surface area contributed by atoms with Crippen LogP contribution >= 0.6 is 0 Å². The summed E-state index contributed by atoms with van der Waals surface area (Å²) in [6.45, 7) is 4.80. The summed E-state index contributed by atoms with van der Waals surface area (Å²) in [4.78, 5) is 14.1. The van der Waals surface area contributed by atoms with Crippen LogP contribution in [-0.4, -0.2) is 37.0 Å². The van der Waals surface area contributed by atoms with Gasteiger partial charge < -0.3 is 15.4 Å². The fourth-order valence-corrected chi connectivity index (χ4v) is 2.60. The number of amides is 1. The summed E-state index contributed by atoms with van der Waals surface area (Å²) in [6.07, 6.45) is 2.64. The molecule has 110 valence electrons. The number of rotatable bonds is 5. The van der Waals surface area contributed by atoms with Crippen LogP contribution in [0.1, 0.15) is 24.8 Å². The summed E-state index contributed by atoms with van der Waals surface area (Å²) in [7, 11) is 0. The number of piperidine rings is 1. The summed E-state index contributed by atoms with van der Waals surface area (Å²) in [5.74, 6) is 1.47. The molecule has 4 heteroatoms. The van der Waals surface area contributed by atoms with Gasteiger partial charge in [0.25, 0.3) is 0 Å². The van der Waals surface area contributed by atoms with Gasteiger partial charge in [-0.25, -0.2) is 0 Å². The number of carbonyl (C=O) groups is 1. The van der Waals surface area contributed by atoms with E-state index in [1.165, 1.54) is 0 Å². The minimum Gasteiger partial charge on any atom is -0.493 e. The van der Waals surface area contributed by atoms with Gasteiger partial charge in [0, 0.05) is 13.1 Å². The summed E-state index contributed by atoms with van der Waals surface area (Å²) < 4.78 is 5.63. The molecular weight excluding hydrogens is 252 g/mol. The fourth-order valence-electron chi connectivity index (χ4n) is 2.60. The first-order valence-corrected chi connectivity index (χ1v) is 7.36. The number of carbonyl (C=O) groups excluding carboxylic acids is 1. The molecule has 0 spiro atoms. The summed E-state index contributed by atoms with van der Waals surface area (Å²) in [6, 6.07) is 7.89. The van der Waals surface area contributed by atoms with E-state index in [1.807, 2.05) is 36.1 Å². The Morgan fingerprint density at radius 2 is 2.35 bits per heavy atom. The number of hydrogen-bond donors (Lipinski definition) is 1. The highest BCUT2D eigenvalue weighted by Crippen LogP contribution is 2.16. The Kier molecular flexibility index (Phi) is 5.41. The third-order valence-electron chi connectivity index (χ3n) is 3.78. The maximum absolute atomic E-state index is 12.1. The average molecular weight is 276 g/mol. The molecule has 1 aromatic carbocycles. The molecule has 4 nitrogen and oxygen atoms in total. The van der Waals surface area contributed by atoms with Crippen molar-refractivity contribution >= 4 is 5.91 Å². The van der Waals surface area contributed by atoms with Crippen LogP contribution in [0.2, 0.25) is 0 Å². The molecule has 0 bridgehead atoms. The fraction of sp³-hybridized carbons (Fsp3) is 0.562. The van der Waals surface area contributed by atoms with Crippen LogP contribution in [0.3, 0.4) is 0 Å². The van der Waals surface area contributed by atoms with Gasteiger partial charge in [0.15, 0.2) is 0 Å². The molecule has 1 heterocycles. The molecule has 0 aliphatic carbocycles. The second kappa shape index (κ2) is 7.29. The second-order valence-electron chi connectivity index (χ2n) is 5.50. The lowest BCUT2D eigenvalue weighted by atomic mass is 9.98. The van der Waals surface area contributed by atoms with Crippen LogP contribution in [0.5, 0.6) is 5.75 Å². The van der Waals surface area contributed by atoms with Crippen LogP contribution in [-0.2, 0) is 4.79 Å². The van der Waals surface area contributed by atoms with Crippen molar-refractivity contribution < 1.29 is 9.53 Å². The number of ether oxygens (including phenoxy) is 1. The van der Waals surface area contributed by atoms with Crippen molar-refractivity contribution in [2.45, 2.75) is 26.2 Å². The smallest absolute Gasteiger partial charge is 0.226 e.